The van der Waals surface area contributed by atoms with Gasteiger partial charge in [-0.25, -0.2) is 9.97 Å². The first-order valence-corrected chi connectivity index (χ1v) is 5.65. The Kier molecular flexibility index (Phi) is 2.65. The molecule has 0 spiro atoms. The molecule has 6 nitrogen and oxygen atoms in total. The Balaban J connectivity index is 2.00. The number of hydrogen-bond acceptors (Lipinski definition) is 6. The number of benzene rings is 1. The Morgan fingerprint density at radius 2 is 1.89 bits per heavy atom. The van der Waals surface area contributed by atoms with Crippen LogP contribution >= 0.6 is 0 Å². The lowest BCUT2D eigenvalue weighted by molar-refractivity contribution is 0.174. The Bertz CT molecular complexity index is 662. The first-order chi connectivity index (χ1) is 9.28. The van der Waals surface area contributed by atoms with E-state index >= 15 is 0 Å². The third kappa shape index (κ3) is 2.02. The largest absolute Gasteiger partial charge is 0.454 e. The van der Waals surface area contributed by atoms with E-state index in [1.54, 1.807) is 18.6 Å². The highest BCUT2D eigenvalue weighted by molar-refractivity contribution is 5.70. The molecule has 94 valence electrons. The van der Waals surface area contributed by atoms with E-state index in [-0.39, 0.29) is 12.7 Å². The second kappa shape index (κ2) is 4.46. The highest BCUT2D eigenvalue weighted by Gasteiger charge is 2.16. The molecule has 0 saturated heterocycles. The molecule has 0 atom stereocenters. The van der Waals surface area contributed by atoms with Crippen molar-refractivity contribution in [3.8, 4) is 28.8 Å². The zero-order chi connectivity index (χ0) is 13.2. The van der Waals surface area contributed by atoms with Crippen molar-refractivity contribution in [1.29, 1.82) is 5.26 Å². The summed E-state index contributed by atoms with van der Waals surface area (Å²) >= 11 is 0. The molecule has 19 heavy (non-hydrogen) atoms. The van der Waals surface area contributed by atoms with E-state index in [1.807, 2.05) is 19.1 Å². The summed E-state index contributed by atoms with van der Waals surface area (Å²) in [4.78, 5) is 8.13. The van der Waals surface area contributed by atoms with Gasteiger partial charge in [0.25, 0.3) is 0 Å². The van der Waals surface area contributed by atoms with Crippen molar-refractivity contribution in [1.82, 2.24) is 9.97 Å². The van der Waals surface area contributed by atoms with Crippen molar-refractivity contribution in [3.63, 3.8) is 0 Å². The normalized spacial score (nSPS) is 12.0. The minimum atomic E-state index is 0.250. The quantitative estimate of drug-likeness (QED) is 0.652. The smallest absolute Gasteiger partial charge is 0.236 e. The molecule has 2 aromatic rings. The van der Waals surface area contributed by atoms with E-state index in [2.05, 4.69) is 15.3 Å². The zero-order valence-electron chi connectivity index (χ0n) is 10.2. The first kappa shape index (κ1) is 11.3. The van der Waals surface area contributed by atoms with Gasteiger partial charge in [-0.15, -0.1) is 0 Å². The summed E-state index contributed by atoms with van der Waals surface area (Å²) in [7, 11) is 0. The van der Waals surface area contributed by atoms with Crippen molar-refractivity contribution in [2.24, 2.45) is 0 Å². The maximum atomic E-state index is 8.48. The van der Waals surface area contributed by atoms with E-state index in [9.17, 15) is 0 Å². The number of rotatable bonds is 2. The summed E-state index contributed by atoms with van der Waals surface area (Å²) < 4.78 is 10.7. The van der Waals surface area contributed by atoms with Crippen molar-refractivity contribution >= 4 is 5.95 Å². The van der Waals surface area contributed by atoms with Gasteiger partial charge in [-0.1, -0.05) is 0 Å². The highest BCUT2D eigenvalue weighted by atomic mass is 16.7. The van der Waals surface area contributed by atoms with Crippen LogP contribution in [0.5, 0.6) is 11.5 Å². The molecule has 0 saturated carbocycles. The average Bonchev–Trinajstić information content (AvgIpc) is 2.86. The topological polar surface area (TPSA) is 80.1 Å². The zero-order valence-corrected chi connectivity index (χ0v) is 10.2. The van der Waals surface area contributed by atoms with Crippen molar-refractivity contribution in [3.05, 3.63) is 30.1 Å². The molecule has 1 aliphatic heterocycles. The molecule has 0 bridgehead atoms. The van der Waals surface area contributed by atoms with Gasteiger partial charge in [0.05, 0.1) is 0 Å². The number of fused-ring (bicyclic) bond motifs is 1. The molecule has 0 unspecified atom stereocenters. The molecule has 1 aliphatic rings. The minimum absolute atomic E-state index is 0.250. The van der Waals surface area contributed by atoms with Crippen LogP contribution in [0.25, 0.3) is 11.1 Å². The van der Waals surface area contributed by atoms with Gasteiger partial charge in [-0.3, -0.25) is 5.32 Å². The summed E-state index contributed by atoms with van der Waals surface area (Å²) in [6.07, 6.45) is 5.10. The van der Waals surface area contributed by atoms with Gasteiger partial charge in [0.2, 0.25) is 12.7 Å². The Labute approximate surface area is 109 Å². The monoisotopic (exact) mass is 254 g/mol. The van der Waals surface area contributed by atoms with Gasteiger partial charge in [0.1, 0.15) is 0 Å². The van der Waals surface area contributed by atoms with Crippen LogP contribution in [-0.4, -0.2) is 16.8 Å². The highest BCUT2D eigenvalue weighted by Crippen LogP contribution is 2.38. The third-order valence-corrected chi connectivity index (χ3v) is 2.85. The van der Waals surface area contributed by atoms with Crippen molar-refractivity contribution in [2.75, 3.05) is 12.1 Å². The fourth-order valence-electron chi connectivity index (χ4n) is 1.94. The van der Waals surface area contributed by atoms with Gasteiger partial charge in [0.15, 0.2) is 17.7 Å². The molecule has 0 fully saturated rings. The summed E-state index contributed by atoms with van der Waals surface area (Å²) in [5.74, 6) is 1.76. The molecule has 0 radical (unpaired) electrons. The van der Waals surface area contributed by atoms with E-state index in [0.29, 0.717) is 0 Å². The second-order valence-electron chi connectivity index (χ2n) is 4.05. The number of nitriles is 1. The number of anilines is 1. The van der Waals surface area contributed by atoms with Crippen molar-refractivity contribution in [2.45, 2.75) is 6.92 Å². The number of nitrogens with one attached hydrogen (secondary N) is 1. The fourth-order valence-corrected chi connectivity index (χ4v) is 1.94. The summed E-state index contributed by atoms with van der Waals surface area (Å²) in [6, 6.07) is 3.84. The molecule has 0 amide bonds. The molecule has 2 heterocycles. The predicted octanol–water partition coefficient (Wildman–Crippen LogP) is 2.07. The van der Waals surface area contributed by atoms with Crippen LogP contribution in [0.3, 0.4) is 0 Å². The number of aromatic nitrogens is 2. The number of ether oxygens (including phenoxy) is 2. The molecule has 3 rings (SSSR count). The summed E-state index contributed by atoms with van der Waals surface area (Å²) in [6.45, 7) is 2.23. The average molecular weight is 254 g/mol. The fraction of sp³-hybridized carbons (Fsp3) is 0.154. The first-order valence-electron chi connectivity index (χ1n) is 5.65. The summed E-state index contributed by atoms with van der Waals surface area (Å²) in [5.41, 5.74) is 2.89. The predicted molar refractivity (Wildman–Crippen MR) is 67.6 cm³/mol. The Morgan fingerprint density at radius 3 is 2.58 bits per heavy atom. The summed E-state index contributed by atoms with van der Waals surface area (Å²) in [5, 5.41) is 10.9. The Hall–Kier alpha value is -2.81. The van der Waals surface area contributed by atoms with Gasteiger partial charge >= 0.3 is 0 Å². The number of aryl methyl sites for hydroxylation is 1. The van der Waals surface area contributed by atoms with Crippen molar-refractivity contribution < 1.29 is 9.47 Å². The standard InChI is InChI=1S/C13H10N4O2/c1-8-2-11-12(19-7-18-11)3-10(8)9-4-15-13(16-5-9)17-6-14/h2-5H,7H2,1H3,(H,15,16,17). The lowest BCUT2D eigenvalue weighted by atomic mass is 10.0. The molecule has 1 aromatic heterocycles. The van der Waals surface area contributed by atoms with Crippen LogP contribution in [0.4, 0.5) is 5.95 Å². The molecular formula is C13H10N4O2. The molecule has 0 aliphatic carbocycles. The molecule has 1 aromatic carbocycles. The minimum Gasteiger partial charge on any atom is -0.454 e. The van der Waals surface area contributed by atoms with Gasteiger partial charge in [-0.2, -0.15) is 5.26 Å². The maximum absolute atomic E-state index is 8.48. The van der Waals surface area contributed by atoms with Gasteiger partial charge < -0.3 is 9.47 Å². The van der Waals surface area contributed by atoms with Crippen LogP contribution in [0.1, 0.15) is 5.56 Å². The number of nitrogens with zero attached hydrogens (tertiary/aromatic N) is 3. The lowest BCUT2D eigenvalue weighted by Gasteiger charge is -2.07. The van der Waals surface area contributed by atoms with Gasteiger partial charge in [-0.05, 0) is 30.2 Å². The van der Waals surface area contributed by atoms with Crippen LogP contribution in [-0.2, 0) is 0 Å². The van der Waals surface area contributed by atoms with E-state index in [4.69, 9.17) is 14.7 Å². The third-order valence-electron chi connectivity index (χ3n) is 2.85. The van der Waals surface area contributed by atoms with E-state index in [0.717, 1.165) is 28.2 Å². The Morgan fingerprint density at radius 1 is 1.21 bits per heavy atom. The maximum Gasteiger partial charge on any atom is 0.236 e. The molecule has 1 N–H and O–H groups in total. The van der Waals surface area contributed by atoms with Crippen LogP contribution in [0.15, 0.2) is 24.5 Å². The van der Waals surface area contributed by atoms with Crippen LogP contribution in [0, 0.1) is 18.4 Å². The lowest BCUT2D eigenvalue weighted by Crippen LogP contribution is -1.95. The second-order valence-corrected chi connectivity index (χ2v) is 4.05. The van der Waals surface area contributed by atoms with E-state index < -0.39 is 0 Å². The molecule has 6 heteroatoms. The SMILES string of the molecule is Cc1cc2c(cc1-c1cnc(NC#N)nc1)OCO2. The number of hydrogen-bond donors (Lipinski definition) is 1. The molecular weight excluding hydrogens is 244 g/mol. The van der Waals surface area contributed by atoms with Crippen LogP contribution in [0.2, 0.25) is 0 Å². The van der Waals surface area contributed by atoms with Crippen LogP contribution < -0.4 is 14.8 Å². The van der Waals surface area contributed by atoms with E-state index in [1.165, 1.54) is 0 Å². The van der Waals surface area contributed by atoms with Gasteiger partial charge in [0, 0.05) is 18.0 Å².